The van der Waals surface area contributed by atoms with Crippen LogP contribution in [-0.4, -0.2) is 48.7 Å². The minimum Gasteiger partial charge on any atom is -0.370 e. The van der Waals surface area contributed by atoms with Gasteiger partial charge in [0, 0.05) is 36.6 Å². The summed E-state index contributed by atoms with van der Waals surface area (Å²) < 4.78 is 33.4. The van der Waals surface area contributed by atoms with Gasteiger partial charge < -0.3 is 14.5 Å². The van der Waals surface area contributed by atoms with Gasteiger partial charge in [-0.1, -0.05) is 45.6 Å². The quantitative estimate of drug-likeness (QED) is 0.237. The number of nitrogens with zero attached hydrogens (tertiary/aromatic N) is 4. The van der Waals surface area contributed by atoms with E-state index >= 15 is 4.39 Å². The number of hydrogen-bond acceptors (Lipinski definition) is 6. The van der Waals surface area contributed by atoms with Gasteiger partial charge in [-0.2, -0.15) is 0 Å². The fourth-order valence-electron chi connectivity index (χ4n) is 4.26. The van der Waals surface area contributed by atoms with Crippen molar-refractivity contribution in [3.63, 3.8) is 0 Å². The molecule has 1 aliphatic heterocycles. The molecule has 1 atom stereocenters. The van der Waals surface area contributed by atoms with Crippen molar-refractivity contribution in [1.82, 2.24) is 4.98 Å². The summed E-state index contributed by atoms with van der Waals surface area (Å²) in [6.45, 7) is 11.2. The Kier molecular flexibility index (Phi) is 10.6. The largest absolute Gasteiger partial charge is 0.370 e. The lowest BCUT2D eigenvalue weighted by Crippen LogP contribution is -2.44. The molecule has 2 aromatic rings. The van der Waals surface area contributed by atoms with E-state index in [0.29, 0.717) is 18.8 Å². The van der Waals surface area contributed by atoms with Crippen molar-refractivity contribution in [1.29, 1.82) is 0 Å². The molecule has 0 spiro atoms. The summed E-state index contributed by atoms with van der Waals surface area (Å²) in [6.07, 6.45) is 9.27. The molecule has 3 rings (SSSR count). The molecular weight excluding hydrogens is 464 g/mol. The Morgan fingerprint density at radius 2 is 1.91 bits per heavy atom. The first-order valence-electron chi connectivity index (χ1n) is 12.9. The van der Waals surface area contributed by atoms with Crippen LogP contribution in [0.15, 0.2) is 35.6 Å². The molecule has 0 saturated carbocycles. The summed E-state index contributed by atoms with van der Waals surface area (Å²) in [4.78, 5) is 13.4. The van der Waals surface area contributed by atoms with Crippen molar-refractivity contribution in [3.05, 3.63) is 47.8 Å². The van der Waals surface area contributed by atoms with Crippen LogP contribution < -0.4 is 14.5 Å². The van der Waals surface area contributed by atoms with Crippen LogP contribution in [0.25, 0.3) is 0 Å². The standard InChI is InChI=1S/C27H39F2N5S/c1-5-8-9-13-33(12-6-2)22-15-21(17-30-18-22)25-19-34(20(4)16-31-25)27-23(28)10-11-24(26(27)29)32-35-14-7-3/h10-11,15,17-18,20,32H,5-9,12-14,16,19H2,1-4H3. The summed E-state index contributed by atoms with van der Waals surface area (Å²) >= 11 is 1.43. The number of anilines is 3. The van der Waals surface area contributed by atoms with Crippen molar-refractivity contribution in [2.45, 2.75) is 65.8 Å². The van der Waals surface area contributed by atoms with Gasteiger partial charge in [0.2, 0.25) is 0 Å². The average molecular weight is 504 g/mol. The molecule has 0 bridgehead atoms. The van der Waals surface area contributed by atoms with Crippen molar-refractivity contribution in [3.8, 4) is 0 Å². The zero-order chi connectivity index (χ0) is 25.2. The monoisotopic (exact) mass is 503 g/mol. The van der Waals surface area contributed by atoms with Crippen LogP contribution in [0.2, 0.25) is 0 Å². The maximum atomic E-state index is 15.4. The Bertz CT molecular complexity index is 984. The van der Waals surface area contributed by atoms with Gasteiger partial charge in [-0.25, -0.2) is 8.78 Å². The maximum absolute atomic E-state index is 15.4. The van der Waals surface area contributed by atoms with E-state index in [1.54, 1.807) is 11.1 Å². The normalized spacial score (nSPS) is 15.8. The van der Waals surface area contributed by atoms with Crippen LogP contribution in [0.1, 0.15) is 65.4 Å². The van der Waals surface area contributed by atoms with Gasteiger partial charge in [0.05, 0.1) is 36.4 Å². The minimum absolute atomic E-state index is 0.00304. The van der Waals surface area contributed by atoms with Crippen LogP contribution in [0, 0.1) is 11.6 Å². The lowest BCUT2D eigenvalue weighted by atomic mass is 10.1. The summed E-state index contributed by atoms with van der Waals surface area (Å²) in [5.41, 5.74) is 3.10. The third-order valence-electron chi connectivity index (χ3n) is 6.19. The van der Waals surface area contributed by atoms with Crippen LogP contribution in [0.4, 0.5) is 25.8 Å². The minimum atomic E-state index is -0.557. The SMILES string of the molecule is CCCCCN(CCC)c1cncc(C2=NCC(C)N(c3c(F)ccc(NSCCC)c3F)C2)c1. The van der Waals surface area contributed by atoms with Gasteiger partial charge in [-0.15, -0.1) is 0 Å². The van der Waals surface area contributed by atoms with Gasteiger partial charge in [0.25, 0.3) is 0 Å². The summed E-state index contributed by atoms with van der Waals surface area (Å²) in [5.74, 6) is -0.267. The molecule has 35 heavy (non-hydrogen) atoms. The van der Waals surface area contributed by atoms with E-state index in [4.69, 9.17) is 4.99 Å². The van der Waals surface area contributed by atoms with Crippen molar-refractivity contribution in [2.75, 3.05) is 46.5 Å². The van der Waals surface area contributed by atoms with Gasteiger partial charge in [-0.05, 0) is 44.4 Å². The number of nitrogens with one attached hydrogen (secondary N) is 1. The summed E-state index contributed by atoms with van der Waals surface area (Å²) in [6, 6.07) is 4.80. The number of pyridine rings is 1. The molecule has 0 radical (unpaired) electrons. The van der Waals surface area contributed by atoms with Gasteiger partial charge in [-0.3, -0.25) is 9.98 Å². The Balaban J connectivity index is 1.84. The molecule has 1 unspecified atom stereocenters. The van der Waals surface area contributed by atoms with Crippen LogP contribution in [0.5, 0.6) is 0 Å². The molecule has 0 amide bonds. The van der Waals surface area contributed by atoms with Crippen molar-refractivity contribution in [2.24, 2.45) is 4.99 Å². The third-order valence-corrected chi connectivity index (χ3v) is 7.16. The number of hydrogen-bond donors (Lipinski definition) is 1. The molecule has 2 heterocycles. The zero-order valence-corrected chi connectivity index (χ0v) is 22.3. The van der Waals surface area contributed by atoms with E-state index in [9.17, 15) is 4.39 Å². The van der Waals surface area contributed by atoms with E-state index in [0.717, 1.165) is 55.1 Å². The molecule has 0 saturated heterocycles. The molecule has 192 valence electrons. The highest BCUT2D eigenvalue weighted by Gasteiger charge is 2.28. The van der Waals surface area contributed by atoms with E-state index in [2.05, 4.69) is 41.4 Å². The van der Waals surface area contributed by atoms with E-state index in [1.807, 2.05) is 13.1 Å². The molecule has 1 aromatic heterocycles. The number of benzene rings is 1. The lowest BCUT2D eigenvalue weighted by molar-refractivity contribution is 0.556. The van der Waals surface area contributed by atoms with E-state index in [-0.39, 0.29) is 11.7 Å². The Labute approximate surface area is 213 Å². The molecule has 5 nitrogen and oxygen atoms in total. The third kappa shape index (κ3) is 7.09. The highest BCUT2D eigenvalue weighted by atomic mass is 32.2. The molecule has 1 aliphatic rings. The Morgan fingerprint density at radius 3 is 2.66 bits per heavy atom. The fourth-order valence-corrected chi connectivity index (χ4v) is 4.87. The van der Waals surface area contributed by atoms with Crippen LogP contribution in [-0.2, 0) is 0 Å². The van der Waals surface area contributed by atoms with E-state index in [1.165, 1.54) is 36.9 Å². The van der Waals surface area contributed by atoms with Crippen molar-refractivity contribution < 1.29 is 8.78 Å². The van der Waals surface area contributed by atoms with Crippen LogP contribution in [0.3, 0.4) is 0 Å². The van der Waals surface area contributed by atoms with E-state index < -0.39 is 11.6 Å². The van der Waals surface area contributed by atoms with Gasteiger partial charge in [0.1, 0.15) is 11.5 Å². The predicted octanol–water partition coefficient (Wildman–Crippen LogP) is 6.93. The first-order chi connectivity index (χ1) is 17.0. The first kappa shape index (κ1) is 27.2. The smallest absolute Gasteiger partial charge is 0.173 e. The topological polar surface area (TPSA) is 43.8 Å². The van der Waals surface area contributed by atoms with Gasteiger partial charge in [0.15, 0.2) is 5.82 Å². The first-order valence-corrected chi connectivity index (χ1v) is 13.8. The maximum Gasteiger partial charge on any atom is 0.173 e. The molecule has 1 N–H and O–H groups in total. The second-order valence-corrected chi connectivity index (χ2v) is 10.00. The second-order valence-electron chi connectivity index (χ2n) is 9.10. The number of unbranched alkanes of at least 4 members (excludes halogenated alkanes) is 2. The summed E-state index contributed by atoms with van der Waals surface area (Å²) in [7, 11) is 0. The molecule has 0 fully saturated rings. The molecular formula is C27H39F2N5S. The highest BCUT2D eigenvalue weighted by Crippen LogP contribution is 2.33. The van der Waals surface area contributed by atoms with Crippen molar-refractivity contribution >= 4 is 34.7 Å². The fraction of sp³-hybridized carbons (Fsp3) is 0.556. The van der Waals surface area contributed by atoms with Crippen LogP contribution >= 0.6 is 11.9 Å². The second kappa shape index (κ2) is 13.7. The number of aromatic nitrogens is 1. The molecule has 8 heteroatoms. The summed E-state index contributed by atoms with van der Waals surface area (Å²) in [5, 5.41) is 0. The number of aliphatic imine (C=N–C) groups is 1. The highest BCUT2D eigenvalue weighted by molar-refractivity contribution is 8.00. The molecule has 0 aliphatic carbocycles. The average Bonchev–Trinajstić information content (AvgIpc) is 2.86. The lowest BCUT2D eigenvalue weighted by Gasteiger charge is -2.35. The predicted molar refractivity (Wildman–Crippen MR) is 147 cm³/mol. The van der Waals surface area contributed by atoms with Gasteiger partial charge >= 0.3 is 0 Å². The zero-order valence-electron chi connectivity index (χ0n) is 21.5. The molecule has 1 aromatic carbocycles. The number of halogens is 2. The Morgan fingerprint density at radius 1 is 1.09 bits per heavy atom. The number of rotatable bonds is 13. The Hall–Kier alpha value is -2.35.